The number of primary amides is 1. The van der Waals surface area contributed by atoms with Crippen LogP contribution in [0.25, 0.3) is 0 Å². The van der Waals surface area contributed by atoms with E-state index in [2.05, 4.69) is 5.32 Å². The van der Waals surface area contributed by atoms with E-state index in [0.29, 0.717) is 12.2 Å². The predicted molar refractivity (Wildman–Crippen MR) is 59.4 cm³/mol. The Morgan fingerprint density at radius 2 is 2.00 bits per heavy atom. The highest BCUT2D eigenvalue weighted by atomic mass is 16.2. The summed E-state index contributed by atoms with van der Waals surface area (Å²) in [5.74, 6) is -0.505. The second-order valence-electron chi connectivity index (χ2n) is 3.53. The van der Waals surface area contributed by atoms with Crippen molar-refractivity contribution in [3.63, 3.8) is 0 Å². The van der Waals surface area contributed by atoms with Crippen LogP contribution in [0, 0.1) is 6.42 Å². The molecule has 1 aromatic carbocycles. The fourth-order valence-electron chi connectivity index (χ4n) is 1.51. The van der Waals surface area contributed by atoms with Gasteiger partial charge in [-0.1, -0.05) is 18.2 Å². The van der Waals surface area contributed by atoms with Crippen LogP contribution in [-0.2, 0) is 4.79 Å². The molecular weight excluding hydrogens is 206 g/mol. The molecule has 0 aliphatic carbocycles. The van der Waals surface area contributed by atoms with E-state index in [1.807, 2.05) is 18.2 Å². The Hall–Kier alpha value is -2.04. The van der Waals surface area contributed by atoms with Gasteiger partial charge in [-0.2, -0.15) is 0 Å². The molecule has 3 amide bonds. The van der Waals surface area contributed by atoms with Crippen LogP contribution in [0.15, 0.2) is 30.3 Å². The minimum absolute atomic E-state index is 0.308. The van der Waals surface area contributed by atoms with Crippen LogP contribution in [0.4, 0.5) is 10.5 Å². The van der Waals surface area contributed by atoms with Gasteiger partial charge in [0.15, 0.2) is 0 Å². The monoisotopic (exact) mass is 218 g/mol. The topological polar surface area (TPSA) is 75.4 Å². The number of carbonyl (C=O) groups excluding carboxylic acids is 2. The van der Waals surface area contributed by atoms with E-state index >= 15 is 0 Å². The van der Waals surface area contributed by atoms with E-state index in [4.69, 9.17) is 5.73 Å². The zero-order valence-electron chi connectivity index (χ0n) is 8.59. The van der Waals surface area contributed by atoms with Gasteiger partial charge in [-0.15, -0.1) is 0 Å². The maximum absolute atomic E-state index is 11.7. The molecule has 0 saturated carbocycles. The summed E-state index contributed by atoms with van der Waals surface area (Å²) < 4.78 is 0. The van der Waals surface area contributed by atoms with Crippen molar-refractivity contribution >= 4 is 17.6 Å². The van der Waals surface area contributed by atoms with Gasteiger partial charge in [-0.3, -0.25) is 4.79 Å². The second kappa shape index (κ2) is 4.22. The first-order chi connectivity index (χ1) is 7.68. The highest BCUT2D eigenvalue weighted by Crippen LogP contribution is 2.17. The van der Waals surface area contributed by atoms with Gasteiger partial charge in [0, 0.05) is 18.7 Å². The molecule has 5 heteroatoms. The normalized spacial score (nSPS) is 18.8. The smallest absolute Gasteiger partial charge is 0.322 e. The molecule has 1 heterocycles. The largest absolute Gasteiger partial charge is 0.368 e. The van der Waals surface area contributed by atoms with Crippen molar-refractivity contribution in [1.82, 2.24) is 4.90 Å². The van der Waals surface area contributed by atoms with Crippen LogP contribution < -0.4 is 11.1 Å². The predicted octanol–water partition coefficient (Wildman–Crippen LogP) is 0.592. The van der Waals surface area contributed by atoms with Crippen molar-refractivity contribution in [2.24, 2.45) is 5.73 Å². The van der Waals surface area contributed by atoms with Crippen molar-refractivity contribution in [1.29, 1.82) is 0 Å². The van der Waals surface area contributed by atoms with Crippen molar-refractivity contribution in [3.8, 4) is 0 Å². The molecule has 1 unspecified atom stereocenters. The first kappa shape index (κ1) is 10.5. The van der Waals surface area contributed by atoms with Crippen LogP contribution in [0.3, 0.4) is 0 Å². The molecule has 1 radical (unpaired) electrons. The molecule has 0 bridgehead atoms. The fraction of sp³-hybridized carbons (Fsp3) is 0.182. The number of para-hydroxylation sites is 1. The number of nitrogens with two attached hydrogens (primary N) is 1. The third-order valence-corrected chi connectivity index (χ3v) is 2.44. The van der Waals surface area contributed by atoms with E-state index in [0.717, 1.165) is 0 Å². The minimum atomic E-state index is -0.580. The molecule has 1 aliphatic rings. The first-order valence-corrected chi connectivity index (χ1v) is 4.94. The van der Waals surface area contributed by atoms with E-state index in [1.165, 1.54) is 4.90 Å². The molecule has 1 saturated heterocycles. The molecule has 83 valence electrons. The molecule has 3 N–H and O–H groups in total. The summed E-state index contributed by atoms with van der Waals surface area (Å²) in [5, 5.41) is 2.69. The van der Waals surface area contributed by atoms with E-state index in [-0.39, 0.29) is 6.03 Å². The number of likely N-dealkylation sites (tertiary alicyclic amines) is 1. The summed E-state index contributed by atoms with van der Waals surface area (Å²) in [5.41, 5.74) is 5.82. The Bertz CT molecular complexity index is 405. The van der Waals surface area contributed by atoms with E-state index in [1.54, 1.807) is 18.6 Å². The summed E-state index contributed by atoms with van der Waals surface area (Å²) in [4.78, 5) is 24.0. The molecular formula is C11H12N3O2. The molecule has 1 atom stereocenters. The van der Waals surface area contributed by atoms with Gasteiger partial charge < -0.3 is 16.0 Å². The molecule has 5 nitrogen and oxygen atoms in total. The number of nitrogens with one attached hydrogen (secondary N) is 1. The van der Waals surface area contributed by atoms with Gasteiger partial charge in [0.25, 0.3) is 0 Å². The van der Waals surface area contributed by atoms with Gasteiger partial charge in [-0.05, 0) is 12.1 Å². The number of amides is 3. The van der Waals surface area contributed by atoms with Crippen LogP contribution in [0.2, 0.25) is 0 Å². The molecule has 2 rings (SSSR count). The lowest BCUT2D eigenvalue weighted by atomic mass is 10.0. The Morgan fingerprint density at radius 3 is 2.50 bits per heavy atom. The van der Waals surface area contributed by atoms with Gasteiger partial charge in [0.05, 0.1) is 0 Å². The number of hydrogen-bond donors (Lipinski definition) is 2. The summed E-state index contributed by atoms with van der Waals surface area (Å²) in [6.45, 7) is 0.451. The Balaban J connectivity index is 1.97. The fourth-order valence-corrected chi connectivity index (χ4v) is 1.51. The average Bonchev–Trinajstić information content (AvgIpc) is 2.16. The highest BCUT2D eigenvalue weighted by Gasteiger charge is 2.36. The Morgan fingerprint density at radius 1 is 1.31 bits per heavy atom. The quantitative estimate of drug-likeness (QED) is 0.762. The van der Waals surface area contributed by atoms with Crippen molar-refractivity contribution in [2.75, 3.05) is 11.9 Å². The number of hydrogen-bond acceptors (Lipinski definition) is 2. The lowest BCUT2D eigenvalue weighted by molar-refractivity contribution is -0.123. The zero-order valence-corrected chi connectivity index (χ0v) is 8.59. The molecule has 0 aromatic heterocycles. The third-order valence-electron chi connectivity index (χ3n) is 2.44. The maximum atomic E-state index is 11.7. The van der Waals surface area contributed by atoms with Crippen molar-refractivity contribution < 1.29 is 9.59 Å². The summed E-state index contributed by atoms with van der Waals surface area (Å²) in [7, 11) is 0. The van der Waals surface area contributed by atoms with Crippen LogP contribution in [0.1, 0.15) is 0 Å². The standard InChI is InChI=1S/C11H12N3O2/c12-10(15)9-6-7-14(9)11(16)13-8-4-2-1-3-5-8/h1-6,9H,7H2,(H2,12,15)(H,13,16). The summed E-state index contributed by atoms with van der Waals surface area (Å²) >= 11 is 0. The third kappa shape index (κ3) is 1.98. The van der Waals surface area contributed by atoms with Crippen LogP contribution >= 0.6 is 0 Å². The SMILES string of the molecule is NC(=O)C1[CH]CN1C(=O)Nc1ccccc1. The van der Waals surface area contributed by atoms with Gasteiger partial charge >= 0.3 is 6.03 Å². The number of urea groups is 1. The van der Waals surface area contributed by atoms with Gasteiger partial charge in [-0.25, -0.2) is 4.79 Å². The minimum Gasteiger partial charge on any atom is -0.368 e. The first-order valence-electron chi connectivity index (χ1n) is 4.94. The maximum Gasteiger partial charge on any atom is 0.322 e. The van der Waals surface area contributed by atoms with Crippen LogP contribution in [-0.4, -0.2) is 29.4 Å². The van der Waals surface area contributed by atoms with Crippen molar-refractivity contribution in [2.45, 2.75) is 6.04 Å². The van der Waals surface area contributed by atoms with E-state index in [9.17, 15) is 9.59 Å². The lowest BCUT2D eigenvalue weighted by Gasteiger charge is -2.38. The number of rotatable bonds is 2. The Labute approximate surface area is 93.2 Å². The zero-order chi connectivity index (χ0) is 11.5. The molecule has 0 spiro atoms. The van der Waals surface area contributed by atoms with Crippen molar-refractivity contribution in [3.05, 3.63) is 36.8 Å². The number of anilines is 1. The van der Waals surface area contributed by atoms with Gasteiger partial charge in [0.1, 0.15) is 6.04 Å². The second-order valence-corrected chi connectivity index (χ2v) is 3.53. The lowest BCUT2D eigenvalue weighted by Crippen LogP contribution is -2.59. The Kier molecular flexibility index (Phi) is 2.76. The highest BCUT2D eigenvalue weighted by molar-refractivity contribution is 5.95. The molecule has 16 heavy (non-hydrogen) atoms. The summed E-state index contributed by atoms with van der Waals surface area (Å²) in [6.07, 6.45) is 1.70. The number of carbonyl (C=O) groups is 2. The average molecular weight is 218 g/mol. The molecule has 1 aliphatic heterocycles. The van der Waals surface area contributed by atoms with Gasteiger partial charge in [0.2, 0.25) is 5.91 Å². The van der Waals surface area contributed by atoms with E-state index < -0.39 is 11.9 Å². The number of nitrogens with zero attached hydrogens (tertiary/aromatic N) is 1. The summed E-state index contributed by atoms with van der Waals surface area (Å²) in [6, 6.07) is 8.18. The molecule has 1 aromatic rings. The number of benzene rings is 1. The van der Waals surface area contributed by atoms with Crippen LogP contribution in [0.5, 0.6) is 0 Å². The molecule has 1 fully saturated rings.